The van der Waals surface area contributed by atoms with Crippen molar-refractivity contribution in [1.82, 2.24) is 0 Å². The minimum absolute atomic E-state index is 0.173. The van der Waals surface area contributed by atoms with Crippen LogP contribution in [0, 0.1) is 16.0 Å². The van der Waals surface area contributed by atoms with Gasteiger partial charge < -0.3 is 0 Å². The van der Waals surface area contributed by atoms with Gasteiger partial charge in [0.1, 0.15) is 0 Å². The summed E-state index contributed by atoms with van der Waals surface area (Å²) < 4.78 is 0. The highest BCUT2D eigenvalue weighted by Gasteiger charge is 2.60. The maximum absolute atomic E-state index is 12.4. The van der Waals surface area contributed by atoms with E-state index in [2.05, 4.69) is 10.2 Å². The summed E-state index contributed by atoms with van der Waals surface area (Å²) in [6, 6.07) is 5.43. The summed E-state index contributed by atoms with van der Waals surface area (Å²) in [5, 5.41) is 18.4. The van der Waals surface area contributed by atoms with Crippen LogP contribution in [0.1, 0.15) is 6.92 Å². The number of rotatable bonds is 2. The van der Waals surface area contributed by atoms with Crippen molar-refractivity contribution < 1.29 is 14.5 Å². The zero-order valence-electron chi connectivity index (χ0n) is 10.5. The van der Waals surface area contributed by atoms with Crippen LogP contribution in [0.3, 0.4) is 0 Å². The van der Waals surface area contributed by atoms with Crippen LogP contribution >= 0.6 is 0 Å². The lowest BCUT2D eigenvalue weighted by Gasteiger charge is -2.16. The van der Waals surface area contributed by atoms with Crippen molar-refractivity contribution in [3.63, 3.8) is 0 Å². The Morgan fingerprint density at radius 3 is 2.85 bits per heavy atom. The summed E-state index contributed by atoms with van der Waals surface area (Å²) in [4.78, 5) is 35.9. The van der Waals surface area contributed by atoms with Gasteiger partial charge >= 0.3 is 0 Å². The summed E-state index contributed by atoms with van der Waals surface area (Å²) >= 11 is 0. The number of nitrogens with zero attached hydrogens (tertiary/aromatic N) is 4. The molecule has 8 nitrogen and oxygen atoms in total. The van der Waals surface area contributed by atoms with E-state index < -0.39 is 28.2 Å². The number of azo groups is 1. The second-order valence-electron chi connectivity index (χ2n) is 4.88. The van der Waals surface area contributed by atoms with Gasteiger partial charge in [0.25, 0.3) is 11.6 Å². The number of carbonyl (C=O) groups is 2. The van der Waals surface area contributed by atoms with Crippen LogP contribution in [-0.4, -0.2) is 28.8 Å². The van der Waals surface area contributed by atoms with Crippen LogP contribution in [0.5, 0.6) is 0 Å². The SMILES string of the molecule is CC12N=NCC1C(=O)N(c1cccc([N+](=O)[O-])c1)C2=O. The number of imide groups is 1. The summed E-state index contributed by atoms with van der Waals surface area (Å²) in [5.74, 6) is -1.52. The van der Waals surface area contributed by atoms with Crippen molar-refractivity contribution in [1.29, 1.82) is 0 Å². The molecule has 2 atom stereocenters. The third kappa shape index (κ3) is 1.47. The number of amides is 2. The molecule has 8 heteroatoms. The summed E-state index contributed by atoms with van der Waals surface area (Å²) in [6.07, 6.45) is 0. The van der Waals surface area contributed by atoms with Crippen molar-refractivity contribution >= 4 is 23.2 Å². The molecule has 1 aromatic carbocycles. The van der Waals surface area contributed by atoms with Crippen molar-refractivity contribution in [2.45, 2.75) is 12.5 Å². The average molecular weight is 274 g/mol. The van der Waals surface area contributed by atoms with Gasteiger partial charge in [-0.1, -0.05) is 6.07 Å². The van der Waals surface area contributed by atoms with Gasteiger partial charge in [-0.05, 0) is 13.0 Å². The first-order chi connectivity index (χ1) is 9.45. The fraction of sp³-hybridized carbons (Fsp3) is 0.333. The number of fused-ring (bicyclic) bond motifs is 1. The average Bonchev–Trinajstić information content (AvgIpc) is 2.89. The summed E-state index contributed by atoms with van der Waals surface area (Å²) in [5.41, 5.74) is -1.16. The molecule has 2 aliphatic heterocycles. The number of hydrogen-bond acceptors (Lipinski definition) is 6. The Kier molecular flexibility index (Phi) is 2.43. The maximum Gasteiger partial charge on any atom is 0.271 e. The first kappa shape index (κ1) is 12.4. The maximum atomic E-state index is 12.4. The van der Waals surface area contributed by atoms with Gasteiger partial charge in [-0.15, -0.1) is 0 Å². The van der Waals surface area contributed by atoms with Gasteiger partial charge in [0.2, 0.25) is 5.91 Å². The molecule has 1 fully saturated rings. The largest absolute Gasteiger partial charge is 0.274 e. The predicted octanol–water partition coefficient (Wildman–Crippen LogP) is 1.31. The lowest BCUT2D eigenvalue weighted by molar-refractivity contribution is -0.384. The van der Waals surface area contributed by atoms with E-state index in [4.69, 9.17) is 0 Å². The molecule has 2 unspecified atom stereocenters. The minimum Gasteiger partial charge on any atom is -0.274 e. The molecule has 0 aromatic heterocycles. The lowest BCUT2D eigenvalue weighted by Crippen LogP contribution is -2.37. The van der Waals surface area contributed by atoms with Gasteiger partial charge in [-0.3, -0.25) is 19.7 Å². The molecule has 0 radical (unpaired) electrons. The van der Waals surface area contributed by atoms with E-state index in [0.29, 0.717) is 0 Å². The molecule has 102 valence electrons. The monoisotopic (exact) mass is 274 g/mol. The van der Waals surface area contributed by atoms with Crippen LogP contribution < -0.4 is 4.90 Å². The first-order valence-corrected chi connectivity index (χ1v) is 5.96. The molecule has 0 aliphatic carbocycles. The van der Waals surface area contributed by atoms with E-state index in [1.54, 1.807) is 6.92 Å². The third-order valence-corrected chi connectivity index (χ3v) is 3.67. The fourth-order valence-electron chi connectivity index (χ4n) is 2.50. The molecular formula is C12H10N4O4. The fourth-order valence-corrected chi connectivity index (χ4v) is 2.50. The molecule has 2 amide bonds. The molecule has 0 bridgehead atoms. The minimum atomic E-state index is -1.18. The molecule has 1 aromatic rings. The van der Waals surface area contributed by atoms with Crippen LogP contribution in [0.15, 0.2) is 34.5 Å². The number of carbonyl (C=O) groups excluding carboxylic acids is 2. The number of non-ortho nitro benzene ring substituents is 1. The van der Waals surface area contributed by atoms with E-state index in [0.717, 1.165) is 4.90 Å². The van der Waals surface area contributed by atoms with Crippen molar-refractivity contribution in [2.24, 2.45) is 16.1 Å². The van der Waals surface area contributed by atoms with E-state index in [1.807, 2.05) is 0 Å². The predicted molar refractivity (Wildman–Crippen MR) is 67.2 cm³/mol. The van der Waals surface area contributed by atoms with Crippen molar-refractivity contribution in [3.05, 3.63) is 34.4 Å². The standard InChI is InChI=1S/C12H10N4O4/c1-12-9(6-13-14-12)10(17)15(11(12)18)7-3-2-4-8(5-7)16(19)20/h2-5,9H,6H2,1H3. The second-order valence-corrected chi connectivity index (χ2v) is 4.88. The topological polar surface area (TPSA) is 105 Å². The number of nitro groups is 1. The van der Waals surface area contributed by atoms with E-state index in [-0.39, 0.29) is 17.9 Å². The highest BCUT2D eigenvalue weighted by Crippen LogP contribution is 2.40. The van der Waals surface area contributed by atoms with Gasteiger partial charge in [0, 0.05) is 12.1 Å². The summed E-state index contributed by atoms with van der Waals surface area (Å²) in [6.45, 7) is 1.73. The molecule has 2 heterocycles. The van der Waals surface area contributed by atoms with Gasteiger partial charge in [0.05, 0.1) is 23.1 Å². The Hall–Kier alpha value is -2.64. The Labute approximate surface area is 113 Å². The Morgan fingerprint density at radius 1 is 1.45 bits per heavy atom. The zero-order chi connectivity index (χ0) is 14.5. The second kappa shape index (κ2) is 3.92. The molecule has 3 rings (SSSR count). The van der Waals surface area contributed by atoms with Gasteiger partial charge in [-0.2, -0.15) is 10.2 Å². The van der Waals surface area contributed by atoms with Crippen molar-refractivity contribution in [2.75, 3.05) is 11.4 Å². The molecule has 20 heavy (non-hydrogen) atoms. The zero-order valence-corrected chi connectivity index (χ0v) is 10.5. The van der Waals surface area contributed by atoms with Gasteiger partial charge in [-0.25, -0.2) is 4.90 Å². The lowest BCUT2D eigenvalue weighted by atomic mass is 9.90. The van der Waals surface area contributed by atoms with Crippen LogP contribution in [0.25, 0.3) is 0 Å². The van der Waals surface area contributed by atoms with Crippen LogP contribution in [0.4, 0.5) is 11.4 Å². The number of anilines is 1. The van der Waals surface area contributed by atoms with Gasteiger partial charge in [0.15, 0.2) is 5.54 Å². The number of hydrogen-bond donors (Lipinski definition) is 0. The quantitative estimate of drug-likeness (QED) is 0.460. The van der Waals surface area contributed by atoms with Crippen LogP contribution in [-0.2, 0) is 9.59 Å². The Bertz CT molecular complexity index is 671. The normalized spacial score (nSPS) is 28.1. The highest BCUT2D eigenvalue weighted by atomic mass is 16.6. The van der Waals surface area contributed by atoms with E-state index in [1.165, 1.54) is 24.3 Å². The van der Waals surface area contributed by atoms with Crippen molar-refractivity contribution in [3.8, 4) is 0 Å². The Balaban J connectivity index is 2.05. The molecule has 1 saturated heterocycles. The van der Waals surface area contributed by atoms with E-state index in [9.17, 15) is 19.7 Å². The molecule has 2 aliphatic rings. The number of benzene rings is 1. The van der Waals surface area contributed by atoms with E-state index >= 15 is 0 Å². The third-order valence-electron chi connectivity index (χ3n) is 3.67. The smallest absolute Gasteiger partial charge is 0.271 e. The molecule has 0 saturated carbocycles. The Morgan fingerprint density at radius 2 is 2.20 bits per heavy atom. The highest BCUT2D eigenvalue weighted by molar-refractivity contribution is 6.25. The summed E-state index contributed by atoms with van der Waals surface area (Å²) in [7, 11) is 0. The molecule has 0 N–H and O–H groups in total. The molecular weight excluding hydrogens is 264 g/mol. The first-order valence-electron chi connectivity index (χ1n) is 5.96. The van der Waals surface area contributed by atoms with Crippen LogP contribution in [0.2, 0.25) is 0 Å². The number of nitro benzene ring substituents is 1. The molecule has 0 spiro atoms.